The van der Waals surface area contributed by atoms with E-state index in [2.05, 4.69) is 54.5 Å². The molecule has 0 radical (unpaired) electrons. The van der Waals surface area contributed by atoms with Crippen LogP contribution in [-0.4, -0.2) is 11.2 Å². The zero-order valence-corrected chi connectivity index (χ0v) is 21.6. The largest absolute Gasteiger partial charge is 0.393 e. The number of allylic oxidation sites excluding steroid dienone is 3. The Balaban J connectivity index is 1.48. The van der Waals surface area contributed by atoms with Gasteiger partial charge in [0, 0.05) is 0 Å². The predicted molar refractivity (Wildman–Crippen MR) is 133 cm³/mol. The molecule has 0 amide bonds. The third kappa shape index (κ3) is 4.00. The minimum absolute atomic E-state index is 0.0849. The number of aliphatic hydroxyl groups is 1. The van der Waals surface area contributed by atoms with Crippen molar-refractivity contribution in [1.82, 2.24) is 0 Å². The zero-order valence-electron chi connectivity index (χ0n) is 21.6. The van der Waals surface area contributed by atoms with Gasteiger partial charge in [-0.15, -0.1) is 0 Å². The summed E-state index contributed by atoms with van der Waals surface area (Å²) in [7, 11) is 0. The van der Waals surface area contributed by atoms with Crippen LogP contribution in [0.2, 0.25) is 0 Å². The van der Waals surface area contributed by atoms with Gasteiger partial charge in [-0.25, -0.2) is 0 Å². The fraction of sp³-hybridized carbons (Fsp3) is 0.867. The lowest BCUT2D eigenvalue weighted by Gasteiger charge is -2.58. The third-order valence-electron chi connectivity index (χ3n) is 11.4. The molecule has 1 N–H and O–H groups in total. The summed E-state index contributed by atoms with van der Waals surface area (Å²) >= 11 is 0. The molecule has 4 rings (SSSR count). The van der Waals surface area contributed by atoms with Crippen molar-refractivity contribution in [3.63, 3.8) is 0 Å². The van der Waals surface area contributed by atoms with E-state index in [4.69, 9.17) is 0 Å². The van der Waals surface area contributed by atoms with E-state index in [1.165, 1.54) is 51.4 Å². The maximum absolute atomic E-state index is 10.3. The van der Waals surface area contributed by atoms with Gasteiger partial charge in [0.1, 0.15) is 0 Å². The second kappa shape index (κ2) is 8.66. The van der Waals surface area contributed by atoms with Gasteiger partial charge in [-0.3, -0.25) is 0 Å². The van der Waals surface area contributed by atoms with Crippen LogP contribution in [0.15, 0.2) is 22.8 Å². The molecular formula is C30H50O. The van der Waals surface area contributed by atoms with Crippen LogP contribution in [0.25, 0.3) is 0 Å². The van der Waals surface area contributed by atoms with E-state index in [0.29, 0.717) is 16.7 Å². The van der Waals surface area contributed by atoms with E-state index >= 15 is 0 Å². The highest BCUT2D eigenvalue weighted by Gasteiger charge is 2.59. The normalized spacial score (nSPS) is 44.2. The molecule has 1 heteroatoms. The second-order valence-corrected chi connectivity index (χ2v) is 13.0. The Hall–Kier alpha value is -0.560. The van der Waals surface area contributed by atoms with Gasteiger partial charge in [0.25, 0.3) is 0 Å². The molecule has 0 spiro atoms. The first-order valence-electron chi connectivity index (χ1n) is 13.6. The summed E-state index contributed by atoms with van der Waals surface area (Å²) in [5.41, 5.74) is 5.80. The Kier molecular flexibility index (Phi) is 6.59. The van der Waals surface area contributed by atoms with Crippen LogP contribution in [0, 0.1) is 46.3 Å². The van der Waals surface area contributed by atoms with E-state index in [0.717, 1.165) is 42.4 Å². The lowest BCUT2D eigenvalue weighted by atomic mass is 9.47. The molecule has 4 aliphatic carbocycles. The summed E-state index contributed by atoms with van der Waals surface area (Å²) in [6.45, 7) is 17.2. The number of fused-ring (bicyclic) bond motifs is 5. The van der Waals surface area contributed by atoms with Crippen LogP contribution in [0.3, 0.4) is 0 Å². The molecule has 3 saturated carbocycles. The van der Waals surface area contributed by atoms with Crippen molar-refractivity contribution in [3.05, 3.63) is 22.8 Å². The van der Waals surface area contributed by atoms with Crippen molar-refractivity contribution in [3.8, 4) is 0 Å². The Morgan fingerprint density at radius 1 is 1.03 bits per heavy atom. The summed E-state index contributed by atoms with van der Waals surface area (Å²) in [5, 5.41) is 10.3. The highest BCUT2D eigenvalue weighted by atomic mass is 16.3. The van der Waals surface area contributed by atoms with Crippen LogP contribution < -0.4 is 0 Å². The Morgan fingerprint density at radius 3 is 2.48 bits per heavy atom. The van der Waals surface area contributed by atoms with Crippen molar-refractivity contribution in [2.45, 2.75) is 119 Å². The maximum atomic E-state index is 10.3. The molecule has 8 atom stereocenters. The van der Waals surface area contributed by atoms with Crippen molar-refractivity contribution in [2.75, 3.05) is 0 Å². The van der Waals surface area contributed by atoms with Gasteiger partial charge in [-0.05, 0) is 124 Å². The first-order chi connectivity index (χ1) is 14.6. The van der Waals surface area contributed by atoms with E-state index in [1.807, 2.05) is 0 Å². The standard InChI is InChI=1S/C30H50O/c1-19(2)22(5)20(3)8-9-21(4)26-12-13-27-25-11-10-23-18-24(31)14-16-29(23,6)28(25)15-17-30(26,27)7/h10,19,21,24-28,31H,8-9,11-18H2,1-7H3/b22-20+. The molecule has 176 valence electrons. The maximum Gasteiger partial charge on any atom is 0.0577 e. The molecule has 8 unspecified atom stereocenters. The second-order valence-electron chi connectivity index (χ2n) is 13.0. The summed E-state index contributed by atoms with van der Waals surface area (Å²) in [6.07, 6.45) is 15.4. The van der Waals surface area contributed by atoms with Gasteiger partial charge in [0.05, 0.1) is 6.10 Å². The average molecular weight is 427 g/mol. The molecule has 0 aromatic carbocycles. The van der Waals surface area contributed by atoms with Gasteiger partial charge < -0.3 is 5.11 Å². The van der Waals surface area contributed by atoms with Crippen molar-refractivity contribution >= 4 is 0 Å². The van der Waals surface area contributed by atoms with Gasteiger partial charge in [-0.2, -0.15) is 0 Å². The number of aliphatic hydroxyl groups excluding tert-OH is 1. The molecule has 0 saturated heterocycles. The molecular weight excluding hydrogens is 376 g/mol. The predicted octanol–water partition coefficient (Wildman–Crippen LogP) is 8.34. The monoisotopic (exact) mass is 426 g/mol. The van der Waals surface area contributed by atoms with Crippen LogP contribution in [-0.2, 0) is 0 Å². The summed E-state index contributed by atoms with van der Waals surface area (Å²) in [5.74, 6) is 5.13. The van der Waals surface area contributed by atoms with Gasteiger partial charge in [0.2, 0.25) is 0 Å². The molecule has 0 aliphatic heterocycles. The first-order valence-corrected chi connectivity index (χ1v) is 13.6. The highest BCUT2D eigenvalue weighted by molar-refractivity contribution is 5.25. The molecule has 3 fully saturated rings. The minimum Gasteiger partial charge on any atom is -0.393 e. The van der Waals surface area contributed by atoms with Gasteiger partial charge in [-0.1, -0.05) is 57.4 Å². The zero-order chi connectivity index (χ0) is 22.6. The fourth-order valence-electron chi connectivity index (χ4n) is 8.95. The molecule has 0 bridgehead atoms. The van der Waals surface area contributed by atoms with E-state index < -0.39 is 0 Å². The molecule has 0 aromatic rings. The third-order valence-corrected chi connectivity index (χ3v) is 11.4. The number of rotatable bonds is 5. The van der Waals surface area contributed by atoms with Crippen LogP contribution in [0.1, 0.15) is 113 Å². The Bertz CT molecular complexity index is 729. The van der Waals surface area contributed by atoms with Crippen LogP contribution in [0.5, 0.6) is 0 Å². The lowest BCUT2D eigenvalue weighted by Crippen LogP contribution is -2.50. The molecule has 4 aliphatic rings. The summed E-state index contributed by atoms with van der Waals surface area (Å²) in [6, 6.07) is 0. The van der Waals surface area contributed by atoms with E-state index in [9.17, 15) is 5.11 Å². The summed E-state index contributed by atoms with van der Waals surface area (Å²) in [4.78, 5) is 0. The van der Waals surface area contributed by atoms with E-state index in [1.54, 1.807) is 16.7 Å². The molecule has 31 heavy (non-hydrogen) atoms. The first kappa shape index (κ1) is 23.6. The summed E-state index contributed by atoms with van der Waals surface area (Å²) < 4.78 is 0. The lowest BCUT2D eigenvalue weighted by molar-refractivity contribution is -0.0571. The quantitative estimate of drug-likeness (QED) is 0.438. The van der Waals surface area contributed by atoms with Crippen molar-refractivity contribution in [2.24, 2.45) is 46.3 Å². The van der Waals surface area contributed by atoms with Crippen LogP contribution in [0.4, 0.5) is 0 Å². The van der Waals surface area contributed by atoms with E-state index in [-0.39, 0.29) is 6.10 Å². The van der Waals surface area contributed by atoms with Crippen molar-refractivity contribution in [1.29, 1.82) is 0 Å². The number of hydrogen-bond donors (Lipinski definition) is 1. The van der Waals surface area contributed by atoms with Crippen molar-refractivity contribution < 1.29 is 5.11 Å². The fourth-order valence-corrected chi connectivity index (χ4v) is 8.95. The van der Waals surface area contributed by atoms with Crippen LogP contribution >= 0.6 is 0 Å². The molecule has 0 heterocycles. The number of hydrogen-bond acceptors (Lipinski definition) is 1. The smallest absolute Gasteiger partial charge is 0.0577 e. The topological polar surface area (TPSA) is 20.2 Å². The van der Waals surface area contributed by atoms with Gasteiger partial charge >= 0.3 is 0 Å². The average Bonchev–Trinajstić information content (AvgIpc) is 3.09. The van der Waals surface area contributed by atoms with Gasteiger partial charge in [0.15, 0.2) is 0 Å². The Labute approximate surface area is 193 Å². The molecule has 0 aromatic heterocycles. The Morgan fingerprint density at radius 2 is 1.77 bits per heavy atom. The molecule has 1 nitrogen and oxygen atoms in total. The highest BCUT2D eigenvalue weighted by Crippen LogP contribution is 2.67. The minimum atomic E-state index is -0.0849. The SMILES string of the molecule is C/C(CCC(C)C1CCC2C3CC=C4CC(O)CCC4(C)C3CCC12C)=C(/C)C(C)C.